The van der Waals surface area contributed by atoms with Gasteiger partial charge in [0.15, 0.2) is 12.1 Å². The first-order valence-corrected chi connectivity index (χ1v) is 20.8. The Kier molecular flexibility index (Phi) is 34.0. The second kappa shape index (κ2) is 36.0. The van der Waals surface area contributed by atoms with Gasteiger partial charge in [0.1, 0.15) is 6.61 Å². The van der Waals surface area contributed by atoms with E-state index in [0.717, 1.165) is 57.8 Å². The number of ether oxygens (including phenoxy) is 3. The molecule has 0 bridgehead atoms. The molecule has 0 aliphatic carbocycles. The number of hydrogen-bond acceptors (Lipinski definition) is 6. The Labute approximate surface area is 324 Å². The highest BCUT2D eigenvalue weighted by molar-refractivity contribution is 5.72. The van der Waals surface area contributed by atoms with Crippen molar-refractivity contribution >= 4 is 17.9 Å². The normalized spacial score (nSPS) is 13.6. The van der Waals surface area contributed by atoms with Gasteiger partial charge >= 0.3 is 17.9 Å². The van der Waals surface area contributed by atoms with E-state index in [9.17, 15) is 19.5 Å². The molecule has 0 radical (unpaired) electrons. The molecule has 0 spiro atoms. The van der Waals surface area contributed by atoms with Crippen molar-refractivity contribution in [3.63, 3.8) is 0 Å². The average molecular weight is 745 g/mol. The molecule has 8 heteroatoms. The van der Waals surface area contributed by atoms with Gasteiger partial charge in [0.05, 0.1) is 34.4 Å². The van der Waals surface area contributed by atoms with Crippen molar-refractivity contribution < 1.29 is 38.2 Å². The average Bonchev–Trinajstić information content (AvgIpc) is 3.11. The molecule has 2 atom stereocenters. The number of allylic oxidation sites excluding steroid dienone is 10. The number of carbonyl (C=O) groups is 3. The molecule has 0 aromatic carbocycles. The maximum atomic E-state index is 12.6. The number of rotatable bonds is 36. The van der Waals surface area contributed by atoms with Gasteiger partial charge in [0.2, 0.25) is 0 Å². The van der Waals surface area contributed by atoms with Crippen LogP contribution in [0.1, 0.15) is 155 Å². The van der Waals surface area contributed by atoms with Crippen LogP contribution in [0, 0.1) is 0 Å². The Hall–Kier alpha value is -2.97. The molecule has 0 aromatic rings. The summed E-state index contributed by atoms with van der Waals surface area (Å²) in [7, 11) is 5.49. The predicted octanol–water partition coefficient (Wildman–Crippen LogP) is 11.0. The number of carboxylic acids is 1. The maximum absolute atomic E-state index is 12.6. The van der Waals surface area contributed by atoms with Gasteiger partial charge in [-0.15, -0.1) is 0 Å². The Morgan fingerprint density at radius 3 is 1.64 bits per heavy atom. The number of carboxylic acid groups (broad SMARTS) is 1. The second-order valence-electron chi connectivity index (χ2n) is 14.9. The van der Waals surface area contributed by atoms with E-state index in [4.69, 9.17) is 14.2 Å². The molecule has 0 aromatic heterocycles. The van der Waals surface area contributed by atoms with Crippen molar-refractivity contribution in [1.82, 2.24) is 0 Å². The lowest BCUT2D eigenvalue weighted by Gasteiger charge is -2.31. The van der Waals surface area contributed by atoms with Gasteiger partial charge in [-0.1, -0.05) is 132 Å². The third-order valence-electron chi connectivity index (χ3n) is 8.91. The number of quaternary nitrogens is 1. The van der Waals surface area contributed by atoms with Crippen molar-refractivity contribution in [1.29, 1.82) is 0 Å². The molecule has 0 heterocycles. The fraction of sp³-hybridized carbons (Fsp3) is 0.711. The van der Waals surface area contributed by atoms with Crippen molar-refractivity contribution in [3.8, 4) is 0 Å². The van der Waals surface area contributed by atoms with Gasteiger partial charge in [0, 0.05) is 19.3 Å². The summed E-state index contributed by atoms with van der Waals surface area (Å²) in [6, 6.07) is -0.629. The molecule has 0 aliphatic heterocycles. The van der Waals surface area contributed by atoms with E-state index in [-0.39, 0.29) is 42.7 Å². The van der Waals surface area contributed by atoms with Crippen LogP contribution in [0.2, 0.25) is 0 Å². The van der Waals surface area contributed by atoms with Gasteiger partial charge in [-0.2, -0.15) is 0 Å². The van der Waals surface area contributed by atoms with Crippen molar-refractivity contribution in [2.24, 2.45) is 0 Å². The third-order valence-corrected chi connectivity index (χ3v) is 8.91. The molecule has 0 fully saturated rings. The Balaban J connectivity index is 4.47. The summed E-state index contributed by atoms with van der Waals surface area (Å²) in [5.74, 6) is -1.59. The monoisotopic (exact) mass is 745 g/mol. The number of esters is 2. The van der Waals surface area contributed by atoms with Crippen LogP contribution in [0.4, 0.5) is 0 Å². The molecule has 304 valence electrons. The van der Waals surface area contributed by atoms with E-state index in [1.807, 2.05) is 33.3 Å². The van der Waals surface area contributed by atoms with Crippen LogP contribution in [0.5, 0.6) is 0 Å². The van der Waals surface area contributed by atoms with E-state index in [1.54, 1.807) is 0 Å². The van der Waals surface area contributed by atoms with E-state index in [2.05, 4.69) is 62.5 Å². The first-order valence-electron chi connectivity index (χ1n) is 20.8. The summed E-state index contributed by atoms with van der Waals surface area (Å²) in [4.78, 5) is 36.8. The molecule has 8 nitrogen and oxygen atoms in total. The summed E-state index contributed by atoms with van der Waals surface area (Å²) >= 11 is 0. The number of carbonyl (C=O) groups excluding carboxylic acids is 2. The highest BCUT2D eigenvalue weighted by Crippen LogP contribution is 2.12. The molecular formula is C45H78NO7+. The van der Waals surface area contributed by atoms with Gasteiger partial charge in [0.25, 0.3) is 0 Å². The van der Waals surface area contributed by atoms with Crippen LogP contribution in [-0.4, -0.2) is 80.6 Å². The Morgan fingerprint density at radius 2 is 1.09 bits per heavy atom. The Bertz CT molecular complexity index is 1050. The number of unbranched alkanes of at least 4 members (excludes halogenated alkanes) is 12. The van der Waals surface area contributed by atoms with Gasteiger partial charge in [-0.05, 0) is 64.2 Å². The molecule has 0 saturated heterocycles. The van der Waals surface area contributed by atoms with Crippen LogP contribution in [-0.2, 0) is 28.6 Å². The zero-order valence-corrected chi connectivity index (χ0v) is 34.4. The molecule has 0 amide bonds. The lowest BCUT2D eigenvalue weighted by molar-refractivity contribution is -0.887. The highest BCUT2D eigenvalue weighted by Gasteiger charge is 2.31. The predicted molar refractivity (Wildman–Crippen MR) is 220 cm³/mol. The first kappa shape index (κ1) is 50.0. The molecule has 53 heavy (non-hydrogen) atoms. The number of likely N-dealkylation sites (N-methyl/N-ethyl adjacent to an activating group) is 1. The lowest BCUT2D eigenvalue weighted by atomic mass is 10.1. The minimum atomic E-state index is -0.889. The van der Waals surface area contributed by atoms with Gasteiger partial charge in [-0.3, -0.25) is 9.59 Å². The van der Waals surface area contributed by atoms with Crippen LogP contribution < -0.4 is 0 Å². The van der Waals surface area contributed by atoms with Crippen LogP contribution in [0.25, 0.3) is 0 Å². The smallest absolute Gasteiger partial charge is 0.362 e. The second-order valence-corrected chi connectivity index (χ2v) is 14.9. The molecule has 0 rings (SSSR count). The van der Waals surface area contributed by atoms with Gasteiger partial charge in [-0.25, -0.2) is 4.79 Å². The van der Waals surface area contributed by atoms with Crippen LogP contribution in [0.3, 0.4) is 0 Å². The van der Waals surface area contributed by atoms with E-state index in [0.29, 0.717) is 19.3 Å². The number of nitrogens with zero attached hydrogens (tertiary/aromatic N) is 1. The van der Waals surface area contributed by atoms with Crippen LogP contribution >= 0.6 is 0 Å². The van der Waals surface area contributed by atoms with Crippen molar-refractivity contribution in [2.75, 3.05) is 41.0 Å². The maximum Gasteiger partial charge on any atom is 0.362 e. The van der Waals surface area contributed by atoms with Crippen molar-refractivity contribution in [3.05, 3.63) is 60.8 Å². The molecule has 1 N–H and O–H groups in total. The largest absolute Gasteiger partial charge is 0.477 e. The summed E-state index contributed by atoms with van der Waals surface area (Å²) < 4.78 is 17.1. The zero-order chi connectivity index (χ0) is 39.3. The summed E-state index contributed by atoms with van der Waals surface area (Å²) in [6.07, 6.45) is 42.8. The fourth-order valence-corrected chi connectivity index (χ4v) is 5.69. The molecule has 0 saturated carbocycles. The molecule has 0 aliphatic rings. The van der Waals surface area contributed by atoms with Gasteiger partial charge < -0.3 is 23.8 Å². The summed E-state index contributed by atoms with van der Waals surface area (Å²) in [6.45, 7) is 4.51. The lowest BCUT2D eigenvalue weighted by Crippen LogP contribution is -2.50. The van der Waals surface area contributed by atoms with Crippen LogP contribution in [0.15, 0.2) is 60.8 Å². The zero-order valence-electron chi connectivity index (χ0n) is 34.4. The SMILES string of the molecule is CC/C=C\C/C=C\C/C=C\C/C=C\CCC(=O)OC(COCCC(C(=O)O)[N+](C)(C)C)COC(=O)CCCCCCC/C=C\CCCCCCCCC. The third kappa shape index (κ3) is 34.5. The van der Waals surface area contributed by atoms with E-state index >= 15 is 0 Å². The molecule has 2 unspecified atom stereocenters. The Morgan fingerprint density at radius 1 is 0.585 bits per heavy atom. The number of aliphatic carboxylic acids is 1. The summed E-state index contributed by atoms with van der Waals surface area (Å²) in [5.41, 5.74) is 0. The molecular weight excluding hydrogens is 666 g/mol. The number of hydrogen-bond donors (Lipinski definition) is 1. The first-order chi connectivity index (χ1) is 25.6. The fourth-order valence-electron chi connectivity index (χ4n) is 5.69. The highest BCUT2D eigenvalue weighted by atomic mass is 16.6. The summed E-state index contributed by atoms with van der Waals surface area (Å²) in [5, 5.41) is 9.60. The topological polar surface area (TPSA) is 99.1 Å². The minimum absolute atomic E-state index is 0.0277. The van der Waals surface area contributed by atoms with E-state index < -0.39 is 18.1 Å². The quantitative estimate of drug-likeness (QED) is 0.0295. The van der Waals surface area contributed by atoms with Crippen molar-refractivity contribution in [2.45, 2.75) is 167 Å². The van der Waals surface area contributed by atoms with E-state index in [1.165, 1.54) is 57.8 Å². The standard InChI is InChI=1S/C45H77NO7/c1-6-8-10-12-14-16-18-20-21-22-24-25-27-29-31-33-35-43(47)52-40-41(39-51-38-37-42(45(49)50)46(3,4)5)53-44(48)36-34-32-30-28-26-23-19-17-15-13-11-9-7-2/h9,11,15,17,21-23,26,30,32,41-42H,6-8,10,12-14,16,18-20,24-25,27-29,31,33-40H2,1-5H3/p+1/b11-9-,17-15-,22-21-,26-23-,32-30-. The minimum Gasteiger partial charge on any atom is -0.477 e.